The van der Waals surface area contributed by atoms with E-state index in [0.717, 1.165) is 12.1 Å². The summed E-state index contributed by atoms with van der Waals surface area (Å²) in [5, 5.41) is 4.21. The predicted molar refractivity (Wildman–Crippen MR) is 106 cm³/mol. The van der Waals surface area contributed by atoms with Crippen molar-refractivity contribution < 1.29 is 17.2 Å². The number of hydrogen-bond donors (Lipinski definition) is 1. The van der Waals surface area contributed by atoms with Crippen molar-refractivity contribution in [1.82, 2.24) is 19.6 Å². The molecule has 7 nitrogen and oxygen atoms in total. The largest absolute Gasteiger partial charge is 0.276 e. The Morgan fingerprint density at radius 1 is 1.10 bits per heavy atom. The summed E-state index contributed by atoms with van der Waals surface area (Å²) in [4.78, 5) is 7.35. The second-order valence-corrected chi connectivity index (χ2v) is 8.03. The molecule has 0 unspecified atom stereocenters. The van der Waals surface area contributed by atoms with Gasteiger partial charge in [0.25, 0.3) is 10.0 Å². The van der Waals surface area contributed by atoms with Crippen molar-refractivity contribution in [2.24, 2.45) is 0 Å². The van der Waals surface area contributed by atoms with Crippen LogP contribution < -0.4 is 4.72 Å². The number of terminal acetylenes is 1. The summed E-state index contributed by atoms with van der Waals surface area (Å²) in [6.45, 7) is 0. The van der Waals surface area contributed by atoms with Gasteiger partial charge in [0.2, 0.25) is 0 Å². The lowest BCUT2D eigenvalue weighted by atomic mass is 10.2. The zero-order valence-electron chi connectivity index (χ0n) is 14.8. The van der Waals surface area contributed by atoms with E-state index in [0.29, 0.717) is 28.7 Å². The zero-order chi connectivity index (χ0) is 21.5. The first kappa shape index (κ1) is 19.8. The number of nitrogens with zero attached hydrogens (tertiary/aromatic N) is 4. The van der Waals surface area contributed by atoms with E-state index in [1.54, 1.807) is 12.1 Å². The van der Waals surface area contributed by atoms with Crippen LogP contribution in [0.3, 0.4) is 0 Å². The van der Waals surface area contributed by atoms with Gasteiger partial charge in [-0.05, 0) is 36.3 Å². The van der Waals surface area contributed by atoms with Crippen LogP contribution in [0.15, 0.2) is 53.7 Å². The van der Waals surface area contributed by atoms with E-state index in [2.05, 4.69) is 25.7 Å². The van der Waals surface area contributed by atoms with Gasteiger partial charge in [0.1, 0.15) is 22.2 Å². The van der Waals surface area contributed by atoms with E-state index < -0.39 is 26.6 Å². The number of fused-ring (bicyclic) bond motifs is 1. The maximum absolute atomic E-state index is 13.9. The number of rotatable bonds is 4. The maximum Gasteiger partial charge on any atom is 0.264 e. The fraction of sp³-hybridized carbons (Fsp3) is 0. The van der Waals surface area contributed by atoms with Gasteiger partial charge in [0, 0.05) is 17.8 Å². The topological polar surface area (TPSA) is 89.2 Å². The molecule has 0 amide bonds. The summed E-state index contributed by atoms with van der Waals surface area (Å²) < 4.78 is 55.7. The van der Waals surface area contributed by atoms with Crippen LogP contribution in [0.25, 0.3) is 16.9 Å². The number of sulfonamides is 1. The maximum atomic E-state index is 13.9. The van der Waals surface area contributed by atoms with Crippen molar-refractivity contribution in [3.8, 4) is 23.6 Å². The molecule has 11 heteroatoms. The van der Waals surface area contributed by atoms with Gasteiger partial charge >= 0.3 is 0 Å². The lowest BCUT2D eigenvalue weighted by Crippen LogP contribution is -2.15. The molecule has 150 valence electrons. The Balaban J connectivity index is 1.74. The summed E-state index contributed by atoms with van der Waals surface area (Å²) in [7, 11) is -4.40. The highest BCUT2D eigenvalue weighted by molar-refractivity contribution is 7.92. The van der Waals surface area contributed by atoms with Crippen LogP contribution in [0, 0.1) is 24.0 Å². The summed E-state index contributed by atoms with van der Waals surface area (Å²) in [6.07, 6.45) is 8.31. The SMILES string of the molecule is C#Cc1cnc2ccc(-c3cnc(Cl)c(NS(=O)(=O)c4ccc(F)cc4F)c3)nn12. The lowest BCUT2D eigenvalue weighted by Gasteiger charge is -2.11. The molecule has 1 N–H and O–H groups in total. The molecule has 0 radical (unpaired) electrons. The lowest BCUT2D eigenvalue weighted by molar-refractivity contribution is 0.551. The third kappa shape index (κ3) is 3.56. The fourth-order valence-corrected chi connectivity index (χ4v) is 4.00. The second kappa shape index (κ2) is 7.37. The number of imidazole rings is 1. The average Bonchev–Trinajstić information content (AvgIpc) is 3.11. The number of anilines is 1. The highest BCUT2D eigenvalue weighted by Crippen LogP contribution is 2.28. The molecule has 0 saturated heterocycles. The molecule has 3 aromatic heterocycles. The van der Waals surface area contributed by atoms with Gasteiger partial charge in [-0.3, -0.25) is 4.72 Å². The average molecular weight is 446 g/mol. The van der Waals surface area contributed by atoms with Crippen LogP contribution in [-0.2, 0) is 10.0 Å². The van der Waals surface area contributed by atoms with Crippen LogP contribution >= 0.6 is 11.6 Å². The van der Waals surface area contributed by atoms with E-state index in [1.807, 2.05) is 0 Å². The Kier molecular flexibility index (Phi) is 4.85. The third-order valence-corrected chi connectivity index (χ3v) is 5.77. The van der Waals surface area contributed by atoms with Crippen LogP contribution in [0.1, 0.15) is 5.69 Å². The molecule has 4 rings (SSSR count). The normalized spacial score (nSPS) is 11.4. The Morgan fingerprint density at radius 2 is 1.90 bits per heavy atom. The van der Waals surface area contributed by atoms with Gasteiger partial charge in [0.15, 0.2) is 10.8 Å². The number of aromatic nitrogens is 4. The highest BCUT2D eigenvalue weighted by atomic mass is 35.5. The van der Waals surface area contributed by atoms with Crippen molar-refractivity contribution in [2.75, 3.05) is 4.72 Å². The number of hydrogen-bond acceptors (Lipinski definition) is 5. The third-order valence-electron chi connectivity index (χ3n) is 4.07. The molecule has 0 aliphatic heterocycles. The molecule has 0 fully saturated rings. The molecule has 4 aromatic rings. The predicted octanol–water partition coefficient (Wildman–Crippen LogP) is 3.51. The highest BCUT2D eigenvalue weighted by Gasteiger charge is 2.21. The van der Waals surface area contributed by atoms with Crippen molar-refractivity contribution in [3.05, 3.63) is 71.3 Å². The summed E-state index contributed by atoms with van der Waals surface area (Å²) in [6, 6.07) is 6.82. The Morgan fingerprint density at radius 3 is 2.63 bits per heavy atom. The van der Waals surface area contributed by atoms with Gasteiger partial charge in [-0.1, -0.05) is 11.6 Å². The number of nitrogens with one attached hydrogen (secondary N) is 1. The first-order chi connectivity index (χ1) is 14.3. The van der Waals surface area contributed by atoms with Gasteiger partial charge in [-0.15, -0.1) is 6.42 Å². The molecule has 0 aliphatic carbocycles. The molecule has 0 bridgehead atoms. The van der Waals surface area contributed by atoms with E-state index in [1.165, 1.54) is 23.0 Å². The van der Waals surface area contributed by atoms with Crippen LogP contribution in [0.4, 0.5) is 14.5 Å². The van der Waals surface area contributed by atoms with E-state index in [4.69, 9.17) is 18.0 Å². The molecule has 3 heterocycles. The van der Waals surface area contributed by atoms with Crippen molar-refractivity contribution >= 4 is 33.0 Å². The van der Waals surface area contributed by atoms with E-state index >= 15 is 0 Å². The quantitative estimate of drug-likeness (QED) is 0.383. The van der Waals surface area contributed by atoms with Crippen molar-refractivity contribution in [1.29, 1.82) is 0 Å². The monoisotopic (exact) mass is 445 g/mol. The zero-order valence-corrected chi connectivity index (χ0v) is 16.4. The molecule has 0 saturated carbocycles. The first-order valence-electron chi connectivity index (χ1n) is 8.24. The summed E-state index contributed by atoms with van der Waals surface area (Å²) in [5.41, 5.74) is 1.68. The van der Waals surface area contributed by atoms with E-state index in [9.17, 15) is 17.2 Å². The van der Waals surface area contributed by atoms with Gasteiger partial charge in [0.05, 0.1) is 17.6 Å². The Bertz CT molecular complexity index is 1450. The van der Waals surface area contributed by atoms with Crippen LogP contribution in [0.5, 0.6) is 0 Å². The summed E-state index contributed by atoms with van der Waals surface area (Å²) in [5.74, 6) is 0.314. The Labute approximate surface area is 174 Å². The Hall–Kier alpha value is -3.55. The van der Waals surface area contributed by atoms with Crippen molar-refractivity contribution in [3.63, 3.8) is 0 Å². The van der Waals surface area contributed by atoms with Crippen molar-refractivity contribution in [2.45, 2.75) is 4.90 Å². The standard InChI is InChI=1S/C19H10ClF2N5O2S/c1-2-13-10-23-18-6-4-15(25-27(13)18)11-7-16(19(20)24-9-11)26-30(28,29)17-5-3-12(21)8-14(17)22/h1,3-10,26H. The van der Waals surface area contributed by atoms with Gasteiger partial charge in [-0.25, -0.2) is 31.7 Å². The number of pyridine rings is 1. The smallest absolute Gasteiger partial charge is 0.264 e. The fourth-order valence-electron chi connectivity index (χ4n) is 2.68. The molecule has 0 aliphatic rings. The second-order valence-electron chi connectivity index (χ2n) is 6.02. The molecule has 1 aromatic carbocycles. The minimum Gasteiger partial charge on any atom is -0.276 e. The molecular formula is C19H10ClF2N5O2S. The van der Waals surface area contributed by atoms with E-state index in [-0.39, 0.29) is 10.8 Å². The minimum absolute atomic E-state index is 0.109. The first-order valence-corrected chi connectivity index (χ1v) is 10.1. The molecule has 0 spiro atoms. The van der Waals surface area contributed by atoms with Crippen LogP contribution in [-0.4, -0.2) is 28.0 Å². The number of benzene rings is 1. The number of halogens is 3. The van der Waals surface area contributed by atoms with Crippen LogP contribution in [0.2, 0.25) is 5.15 Å². The molecule has 0 atom stereocenters. The van der Waals surface area contributed by atoms with Gasteiger partial charge < -0.3 is 0 Å². The summed E-state index contributed by atoms with van der Waals surface area (Å²) >= 11 is 6.01. The minimum atomic E-state index is -4.40. The molecular weight excluding hydrogens is 436 g/mol. The van der Waals surface area contributed by atoms with Gasteiger partial charge in [-0.2, -0.15) is 5.10 Å². The molecule has 30 heavy (non-hydrogen) atoms.